The molecular weight excluding hydrogens is 390 g/mol. The van der Waals surface area contributed by atoms with Crippen LogP contribution < -0.4 is 9.47 Å². The third-order valence-corrected chi connectivity index (χ3v) is 4.24. The average molecular weight is 405 g/mol. The summed E-state index contributed by atoms with van der Waals surface area (Å²) in [5, 5.41) is 10.0. The molecule has 0 unspecified atom stereocenters. The Morgan fingerprint density at radius 1 is 1.33 bits per heavy atom. The van der Waals surface area contributed by atoms with Gasteiger partial charge in [-0.05, 0) is 29.8 Å². The first-order valence-corrected chi connectivity index (χ1v) is 8.25. The lowest BCUT2D eigenvalue weighted by Gasteiger charge is -2.12. The van der Waals surface area contributed by atoms with Gasteiger partial charge in [-0.25, -0.2) is 0 Å². The van der Waals surface area contributed by atoms with E-state index in [9.17, 15) is 5.26 Å². The second-order valence-corrected chi connectivity index (χ2v) is 6.04. The van der Waals surface area contributed by atoms with Crippen LogP contribution in [-0.2, 0) is 0 Å². The highest BCUT2D eigenvalue weighted by molar-refractivity contribution is 9.10. The molecule has 0 atom stereocenters. The average Bonchev–Trinajstić information content (AvgIpc) is 2.59. The highest BCUT2D eigenvalue weighted by Gasteiger charge is 2.11. The molecule has 0 radical (unpaired) electrons. The number of halogens is 2. The first-order valence-electron chi connectivity index (χ1n) is 7.08. The van der Waals surface area contributed by atoms with E-state index in [2.05, 4.69) is 28.6 Å². The molecule has 0 aliphatic rings. The van der Waals surface area contributed by atoms with Crippen molar-refractivity contribution in [2.75, 3.05) is 13.7 Å². The van der Waals surface area contributed by atoms with E-state index in [1.54, 1.807) is 37.5 Å². The summed E-state index contributed by atoms with van der Waals surface area (Å²) >= 11 is 9.69. The second kappa shape index (κ2) is 8.58. The van der Waals surface area contributed by atoms with Crippen LogP contribution in [0.3, 0.4) is 0 Å². The largest absolute Gasteiger partial charge is 0.493 e. The van der Waals surface area contributed by atoms with Crippen molar-refractivity contribution < 1.29 is 9.47 Å². The number of benzene rings is 2. The molecule has 0 saturated carbocycles. The van der Waals surface area contributed by atoms with E-state index in [-0.39, 0.29) is 0 Å². The fourth-order valence-electron chi connectivity index (χ4n) is 2.09. The van der Waals surface area contributed by atoms with Crippen LogP contribution in [0.4, 0.5) is 0 Å². The van der Waals surface area contributed by atoms with Crippen molar-refractivity contribution in [2.24, 2.45) is 0 Å². The van der Waals surface area contributed by atoms with Crippen molar-refractivity contribution in [1.82, 2.24) is 0 Å². The number of nitriles is 1. The minimum atomic E-state index is 0.376. The van der Waals surface area contributed by atoms with Crippen LogP contribution in [0.1, 0.15) is 11.1 Å². The Labute approximate surface area is 154 Å². The predicted molar refractivity (Wildman–Crippen MR) is 101 cm³/mol. The van der Waals surface area contributed by atoms with Gasteiger partial charge < -0.3 is 9.47 Å². The van der Waals surface area contributed by atoms with Gasteiger partial charge in [0.1, 0.15) is 6.61 Å². The van der Waals surface area contributed by atoms with E-state index < -0.39 is 0 Å². The monoisotopic (exact) mass is 403 g/mol. The molecule has 0 N–H and O–H groups in total. The summed E-state index contributed by atoms with van der Waals surface area (Å²) in [5.74, 6) is 1.17. The van der Waals surface area contributed by atoms with Gasteiger partial charge >= 0.3 is 0 Å². The Bertz CT molecular complexity index is 825. The molecule has 2 aromatic rings. The van der Waals surface area contributed by atoms with Gasteiger partial charge in [0.2, 0.25) is 0 Å². The van der Waals surface area contributed by atoms with Crippen LogP contribution in [0, 0.1) is 11.3 Å². The normalized spacial score (nSPS) is 10.8. The molecule has 0 aromatic heterocycles. The Hall–Kier alpha value is -2.22. The Morgan fingerprint density at radius 3 is 2.71 bits per heavy atom. The van der Waals surface area contributed by atoms with Gasteiger partial charge in [0, 0.05) is 15.1 Å². The summed E-state index contributed by atoms with van der Waals surface area (Å²) < 4.78 is 11.7. The summed E-state index contributed by atoms with van der Waals surface area (Å²) in [7, 11) is 1.57. The zero-order valence-electron chi connectivity index (χ0n) is 13.1. The minimum absolute atomic E-state index is 0.376. The Kier molecular flexibility index (Phi) is 6.48. The number of hydrogen-bond donors (Lipinski definition) is 0. The van der Waals surface area contributed by atoms with Gasteiger partial charge in [-0.1, -0.05) is 58.4 Å². The lowest BCUT2D eigenvalue weighted by molar-refractivity contribution is 0.326. The molecule has 2 aromatic carbocycles. The van der Waals surface area contributed by atoms with E-state index in [1.807, 2.05) is 18.2 Å². The van der Waals surface area contributed by atoms with Crippen molar-refractivity contribution in [2.45, 2.75) is 0 Å². The van der Waals surface area contributed by atoms with Crippen LogP contribution in [0.25, 0.3) is 11.6 Å². The molecule has 24 heavy (non-hydrogen) atoms. The van der Waals surface area contributed by atoms with Gasteiger partial charge in [-0.3, -0.25) is 0 Å². The highest BCUT2D eigenvalue weighted by Crippen LogP contribution is 2.36. The van der Waals surface area contributed by atoms with Gasteiger partial charge in [-0.15, -0.1) is 0 Å². The van der Waals surface area contributed by atoms with Crippen LogP contribution in [0.2, 0.25) is 5.02 Å². The molecular formula is C19H15BrClNO2. The molecule has 5 heteroatoms. The molecule has 0 fully saturated rings. The molecule has 0 bridgehead atoms. The first-order chi connectivity index (χ1) is 11.6. The molecule has 122 valence electrons. The molecule has 3 nitrogen and oxygen atoms in total. The number of rotatable bonds is 6. The number of hydrogen-bond acceptors (Lipinski definition) is 3. The molecule has 0 spiro atoms. The lowest BCUT2D eigenvalue weighted by Crippen LogP contribution is -1.97. The maximum Gasteiger partial charge on any atom is 0.162 e. The summed E-state index contributed by atoms with van der Waals surface area (Å²) in [6, 6.07) is 13.0. The van der Waals surface area contributed by atoms with E-state index in [4.69, 9.17) is 21.1 Å². The zero-order valence-corrected chi connectivity index (χ0v) is 15.4. The summed E-state index contributed by atoms with van der Waals surface area (Å²) in [4.78, 5) is 0. The highest BCUT2D eigenvalue weighted by atomic mass is 79.9. The predicted octanol–water partition coefficient (Wildman–Crippen LogP) is 5.74. The maximum absolute atomic E-state index is 9.49. The number of nitrogens with zero attached hydrogens (tertiary/aromatic N) is 1. The smallest absolute Gasteiger partial charge is 0.162 e. The molecule has 0 saturated heterocycles. The topological polar surface area (TPSA) is 42.2 Å². The van der Waals surface area contributed by atoms with Crippen molar-refractivity contribution in [3.8, 4) is 17.6 Å². The summed E-state index contributed by atoms with van der Waals surface area (Å²) in [6.07, 6.45) is 3.41. The standard InChI is InChI=1S/C19H15BrClNO2/c1-3-8-24-19-11-16(20)13(10-18(19)23-2)9-14(12-22)15-6-4-5-7-17(15)21/h3-7,9-11H,1,8H2,2H3. The Balaban J connectivity index is 2.49. The van der Waals surface area contributed by atoms with E-state index in [0.29, 0.717) is 34.3 Å². The van der Waals surface area contributed by atoms with Crippen molar-refractivity contribution in [3.05, 3.63) is 69.7 Å². The third kappa shape index (κ3) is 4.19. The first kappa shape index (κ1) is 18.1. The van der Waals surface area contributed by atoms with Crippen molar-refractivity contribution in [3.63, 3.8) is 0 Å². The van der Waals surface area contributed by atoms with Gasteiger partial charge in [-0.2, -0.15) is 5.26 Å². The maximum atomic E-state index is 9.49. The third-order valence-electron chi connectivity index (χ3n) is 3.22. The second-order valence-electron chi connectivity index (χ2n) is 4.77. The SMILES string of the molecule is C=CCOc1cc(Br)c(C=C(C#N)c2ccccc2Cl)cc1OC. The Morgan fingerprint density at radius 2 is 2.08 bits per heavy atom. The summed E-state index contributed by atoms with van der Waals surface area (Å²) in [5.41, 5.74) is 1.93. The van der Waals surface area contributed by atoms with Crippen LogP contribution in [0.15, 0.2) is 53.5 Å². The fraction of sp³-hybridized carbons (Fsp3) is 0.105. The van der Waals surface area contributed by atoms with Crippen molar-refractivity contribution in [1.29, 1.82) is 5.26 Å². The van der Waals surface area contributed by atoms with Gasteiger partial charge in [0.15, 0.2) is 11.5 Å². The van der Waals surface area contributed by atoms with E-state index in [1.165, 1.54) is 0 Å². The van der Waals surface area contributed by atoms with E-state index in [0.717, 1.165) is 10.0 Å². The number of methoxy groups -OCH3 is 1. The number of allylic oxidation sites excluding steroid dienone is 1. The molecule has 2 rings (SSSR count). The lowest BCUT2D eigenvalue weighted by atomic mass is 10.0. The summed E-state index contributed by atoms with van der Waals surface area (Å²) in [6.45, 7) is 4.00. The molecule has 0 aliphatic heterocycles. The van der Waals surface area contributed by atoms with Gasteiger partial charge in [0.05, 0.1) is 18.8 Å². The molecule has 0 aliphatic carbocycles. The van der Waals surface area contributed by atoms with Crippen LogP contribution >= 0.6 is 27.5 Å². The minimum Gasteiger partial charge on any atom is -0.493 e. The number of ether oxygens (including phenoxy) is 2. The zero-order chi connectivity index (χ0) is 17.5. The fourth-order valence-corrected chi connectivity index (χ4v) is 2.76. The quantitative estimate of drug-likeness (QED) is 0.350. The van der Waals surface area contributed by atoms with E-state index >= 15 is 0 Å². The van der Waals surface area contributed by atoms with Crippen LogP contribution in [-0.4, -0.2) is 13.7 Å². The van der Waals surface area contributed by atoms with Gasteiger partial charge in [0.25, 0.3) is 0 Å². The van der Waals surface area contributed by atoms with Crippen LogP contribution in [0.5, 0.6) is 11.5 Å². The molecule has 0 heterocycles. The van der Waals surface area contributed by atoms with Crippen molar-refractivity contribution >= 4 is 39.2 Å². The molecule has 0 amide bonds.